The molecule has 3 nitrogen and oxygen atoms in total. The van der Waals surface area contributed by atoms with Crippen LogP contribution in [0.25, 0.3) is 30.6 Å². The third kappa shape index (κ3) is 7.26. The summed E-state index contributed by atoms with van der Waals surface area (Å²) < 4.78 is 10.5. The average Bonchev–Trinajstić information content (AvgIpc) is 3.75. The second-order valence-corrected chi connectivity index (χ2v) is 12.4. The minimum atomic E-state index is 0.793. The van der Waals surface area contributed by atoms with Crippen molar-refractivity contribution in [3.05, 3.63) is 95.7 Å². The maximum atomic E-state index is 6.05. The first-order chi connectivity index (χ1) is 18.8. The minimum Gasteiger partial charge on any atom is -0.381 e. The summed E-state index contributed by atoms with van der Waals surface area (Å²) in [5.74, 6) is 0. The molecule has 0 bridgehead atoms. The van der Waals surface area contributed by atoms with E-state index in [1.807, 2.05) is 34.0 Å². The molecule has 0 fully saturated rings. The summed E-state index contributed by atoms with van der Waals surface area (Å²) in [6.45, 7) is 5.88. The average molecular weight is 561 g/mol. The monoisotopic (exact) mass is 560 g/mol. The summed E-state index contributed by atoms with van der Waals surface area (Å²) in [5, 5.41) is 4.32. The number of hydrogen-bond donors (Lipinski definition) is 0. The first kappa shape index (κ1) is 26.9. The molecule has 0 saturated heterocycles. The number of unbranched alkanes of at least 4 members (excludes halogenated alkanes) is 3. The molecule has 0 unspecified atom stereocenters. The molecule has 0 aliphatic rings. The number of thiophene rings is 3. The van der Waals surface area contributed by atoms with Gasteiger partial charge in [0, 0.05) is 56.8 Å². The fourth-order valence-electron chi connectivity index (χ4n) is 4.57. The van der Waals surface area contributed by atoms with E-state index in [4.69, 9.17) is 4.74 Å². The molecule has 6 heteroatoms. The largest absolute Gasteiger partial charge is 0.381 e. The van der Waals surface area contributed by atoms with E-state index in [0.29, 0.717) is 0 Å². The van der Waals surface area contributed by atoms with Crippen LogP contribution in [-0.4, -0.2) is 13.2 Å². The zero-order chi connectivity index (χ0) is 26.0. The summed E-state index contributed by atoms with van der Waals surface area (Å²) >= 11 is 5.56. The first-order valence-corrected chi connectivity index (χ1v) is 16.1. The van der Waals surface area contributed by atoms with Crippen LogP contribution in [0.5, 0.6) is 0 Å². The molecule has 0 aromatic carbocycles. The molecule has 5 aromatic heterocycles. The van der Waals surface area contributed by atoms with Crippen molar-refractivity contribution in [3.63, 3.8) is 0 Å². The van der Waals surface area contributed by atoms with Crippen molar-refractivity contribution in [2.24, 2.45) is 0 Å². The lowest BCUT2D eigenvalue weighted by Gasteiger charge is -2.05. The van der Waals surface area contributed by atoms with E-state index in [1.54, 1.807) is 0 Å². The maximum Gasteiger partial charge on any atom is 0.169 e. The standard InChI is InChI=1S/C32H36N2OS3/c1-2-33-17-11-26(12-18-33)27-13-19-34(20-14-27)16-5-3-4-6-21-35-22-15-28-25-31(29-9-7-23-36-29)38-32(28)30-10-8-24-37-30/h7-14,17-20,23-25H,2-6,15-16,21-22H2,1H3/q+2. The third-order valence-electron chi connectivity index (χ3n) is 6.77. The van der Waals surface area contributed by atoms with Crippen molar-refractivity contribution in [1.29, 1.82) is 0 Å². The molecule has 0 atom stereocenters. The smallest absolute Gasteiger partial charge is 0.169 e. The molecule has 5 rings (SSSR count). The number of aromatic nitrogens is 2. The van der Waals surface area contributed by atoms with E-state index in [0.717, 1.165) is 39.1 Å². The van der Waals surface area contributed by atoms with Gasteiger partial charge in [0.2, 0.25) is 0 Å². The Kier molecular flexibility index (Phi) is 9.89. The molecular formula is C32H36N2OS3+2. The normalized spacial score (nSPS) is 11.3. The van der Waals surface area contributed by atoms with Crippen LogP contribution in [0, 0.1) is 0 Å². The summed E-state index contributed by atoms with van der Waals surface area (Å²) in [7, 11) is 0. The molecule has 0 saturated carbocycles. The van der Waals surface area contributed by atoms with E-state index in [2.05, 4.69) is 106 Å². The van der Waals surface area contributed by atoms with Gasteiger partial charge in [-0.05, 0) is 71.8 Å². The highest BCUT2D eigenvalue weighted by atomic mass is 32.1. The summed E-state index contributed by atoms with van der Waals surface area (Å²) in [5.41, 5.74) is 3.96. The molecule has 196 valence electrons. The zero-order valence-corrected chi connectivity index (χ0v) is 24.5. The highest BCUT2D eigenvalue weighted by molar-refractivity contribution is 7.26. The van der Waals surface area contributed by atoms with Crippen LogP contribution in [0.1, 0.15) is 38.2 Å². The Morgan fingerprint density at radius 2 is 1.34 bits per heavy atom. The van der Waals surface area contributed by atoms with Gasteiger partial charge in [-0.3, -0.25) is 0 Å². The van der Waals surface area contributed by atoms with E-state index >= 15 is 0 Å². The quantitative estimate of drug-likeness (QED) is 0.0986. The van der Waals surface area contributed by atoms with E-state index in [9.17, 15) is 0 Å². The molecule has 0 N–H and O–H groups in total. The van der Waals surface area contributed by atoms with E-state index in [-0.39, 0.29) is 0 Å². The van der Waals surface area contributed by atoms with E-state index < -0.39 is 0 Å². The van der Waals surface area contributed by atoms with Gasteiger partial charge in [-0.15, -0.1) is 34.0 Å². The Hall–Kier alpha value is -2.64. The van der Waals surface area contributed by atoms with Crippen molar-refractivity contribution >= 4 is 34.0 Å². The van der Waals surface area contributed by atoms with E-state index in [1.165, 1.54) is 55.5 Å². The van der Waals surface area contributed by atoms with Crippen molar-refractivity contribution < 1.29 is 13.9 Å². The fourth-order valence-corrected chi connectivity index (χ4v) is 7.49. The predicted octanol–water partition coefficient (Wildman–Crippen LogP) is 8.29. The van der Waals surface area contributed by atoms with Gasteiger partial charge in [-0.1, -0.05) is 18.6 Å². The van der Waals surface area contributed by atoms with Crippen LogP contribution in [-0.2, 0) is 24.2 Å². The third-order valence-corrected chi connectivity index (χ3v) is 10.1. The summed E-state index contributed by atoms with van der Waals surface area (Å²) in [6, 6.07) is 19.9. The number of aryl methyl sites for hydroxylation is 2. The minimum absolute atomic E-state index is 0.793. The molecule has 5 aromatic rings. The first-order valence-electron chi connectivity index (χ1n) is 13.6. The van der Waals surface area contributed by atoms with Crippen molar-refractivity contribution in [1.82, 2.24) is 0 Å². The van der Waals surface area contributed by atoms with Crippen LogP contribution in [0.2, 0.25) is 0 Å². The highest BCUT2D eigenvalue weighted by Gasteiger charge is 2.14. The molecule has 0 radical (unpaired) electrons. The van der Waals surface area contributed by atoms with Crippen LogP contribution in [0.3, 0.4) is 0 Å². The molecule has 5 heterocycles. The Balaban J connectivity index is 0.989. The lowest BCUT2D eigenvalue weighted by atomic mass is 10.1. The van der Waals surface area contributed by atoms with Gasteiger partial charge in [-0.2, -0.15) is 0 Å². The van der Waals surface area contributed by atoms with Gasteiger partial charge in [0.15, 0.2) is 24.8 Å². The van der Waals surface area contributed by atoms with Crippen LogP contribution in [0.15, 0.2) is 90.1 Å². The number of hydrogen-bond acceptors (Lipinski definition) is 4. The number of pyridine rings is 2. The lowest BCUT2D eigenvalue weighted by molar-refractivity contribution is -0.697. The van der Waals surface area contributed by atoms with Gasteiger partial charge < -0.3 is 4.74 Å². The fraction of sp³-hybridized carbons (Fsp3) is 0.312. The highest BCUT2D eigenvalue weighted by Crippen LogP contribution is 2.41. The second kappa shape index (κ2) is 13.9. The van der Waals surface area contributed by atoms with Crippen LogP contribution in [0.4, 0.5) is 0 Å². The van der Waals surface area contributed by atoms with Gasteiger partial charge >= 0.3 is 0 Å². The Morgan fingerprint density at radius 1 is 0.684 bits per heavy atom. The Morgan fingerprint density at radius 3 is 2.00 bits per heavy atom. The molecular weight excluding hydrogens is 525 g/mol. The van der Waals surface area contributed by atoms with Gasteiger partial charge in [0.25, 0.3) is 0 Å². The number of ether oxygens (including phenoxy) is 1. The number of rotatable bonds is 14. The van der Waals surface area contributed by atoms with Gasteiger partial charge in [-0.25, -0.2) is 9.13 Å². The van der Waals surface area contributed by atoms with Crippen LogP contribution < -0.4 is 9.13 Å². The SMILES string of the molecule is CC[n+]1ccc(-c2cc[n+](CCCCCCOCCc3cc(-c4cccs4)sc3-c3cccs3)cc2)cc1. The van der Waals surface area contributed by atoms with Gasteiger partial charge in [0.05, 0.1) is 6.61 Å². The zero-order valence-electron chi connectivity index (χ0n) is 22.1. The topological polar surface area (TPSA) is 17.0 Å². The molecule has 0 spiro atoms. The Labute approximate surface area is 238 Å². The molecule has 0 aliphatic carbocycles. The van der Waals surface area contributed by atoms with Crippen molar-refractivity contribution in [3.8, 4) is 30.6 Å². The maximum absolute atomic E-state index is 6.05. The van der Waals surface area contributed by atoms with Crippen molar-refractivity contribution in [2.75, 3.05) is 13.2 Å². The molecule has 0 amide bonds. The van der Waals surface area contributed by atoms with Crippen LogP contribution >= 0.6 is 34.0 Å². The molecule has 0 aliphatic heterocycles. The predicted molar refractivity (Wildman–Crippen MR) is 162 cm³/mol. The second-order valence-electron chi connectivity index (χ2n) is 9.44. The molecule has 38 heavy (non-hydrogen) atoms. The van der Waals surface area contributed by atoms with Gasteiger partial charge in [0.1, 0.15) is 13.1 Å². The number of nitrogens with zero attached hydrogens (tertiary/aromatic N) is 2. The Bertz CT molecular complexity index is 1360. The van der Waals surface area contributed by atoms with Crippen molar-refractivity contribution in [2.45, 2.75) is 52.1 Å². The summed E-state index contributed by atoms with van der Waals surface area (Å²) in [6.07, 6.45) is 14.5. The summed E-state index contributed by atoms with van der Waals surface area (Å²) in [4.78, 5) is 5.50. The lowest BCUT2D eigenvalue weighted by Crippen LogP contribution is -2.32.